The molecule has 21 heavy (non-hydrogen) atoms. The second-order valence-electron chi connectivity index (χ2n) is 4.99. The Labute approximate surface area is 126 Å². The summed E-state index contributed by atoms with van der Waals surface area (Å²) in [5.41, 5.74) is 0. The number of carboxylic acids is 1. The van der Waals surface area contributed by atoms with E-state index < -0.39 is 17.9 Å². The first-order valence-electron chi connectivity index (χ1n) is 7.65. The molecule has 0 aliphatic heterocycles. The fourth-order valence-electron chi connectivity index (χ4n) is 1.55. The Hall–Kier alpha value is -1.14. The van der Waals surface area contributed by atoms with Crippen LogP contribution in [-0.2, 0) is 23.8 Å². The van der Waals surface area contributed by atoms with Crippen LogP contribution < -0.4 is 0 Å². The van der Waals surface area contributed by atoms with E-state index in [1.54, 1.807) is 6.92 Å². The van der Waals surface area contributed by atoms with Crippen LogP contribution in [0.15, 0.2) is 0 Å². The maximum absolute atomic E-state index is 11.7. The third-order valence-corrected chi connectivity index (χ3v) is 2.80. The Balaban J connectivity index is 4.28. The van der Waals surface area contributed by atoms with Gasteiger partial charge in [0.05, 0.1) is 13.2 Å². The molecule has 0 aromatic rings. The van der Waals surface area contributed by atoms with Crippen molar-refractivity contribution in [3.05, 3.63) is 0 Å². The lowest BCUT2D eigenvalue weighted by atomic mass is 10.2. The Kier molecular flexibility index (Phi) is 10.9. The number of hydrogen-bond acceptors (Lipinski definition) is 5. The van der Waals surface area contributed by atoms with Crippen LogP contribution in [0.4, 0.5) is 0 Å². The van der Waals surface area contributed by atoms with Crippen LogP contribution in [0.25, 0.3) is 0 Å². The average Bonchev–Trinajstić information content (AvgIpc) is 2.38. The number of carbonyl (C=O) groups excluding carboxylic acids is 1. The summed E-state index contributed by atoms with van der Waals surface area (Å²) in [5.74, 6) is -2.82. The van der Waals surface area contributed by atoms with Crippen molar-refractivity contribution in [2.75, 3.05) is 13.2 Å². The normalized spacial score (nSPS) is 11.4. The van der Waals surface area contributed by atoms with E-state index in [1.165, 1.54) is 0 Å². The van der Waals surface area contributed by atoms with E-state index in [1.807, 2.05) is 13.8 Å². The van der Waals surface area contributed by atoms with E-state index in [0.29, 0.717) is 13.2 Å². The number of aliphatic carboxylic acids is 1. The van der Waals surface area contributed by atoms with Gasteiger partial charge in [-0.2, -0.15) is 0 Å². The first-order valence-corrected chi connectivity index (χ1v) is 7.65. The quantitative estimate of drug-likeness (QED) is 0.320. The molecule has 0 radical (unpaired) electrons. The van der Waals surface area contributed by atoms with Crippen molar-refractivity contribution in [2.24, 2.45) is 0 Å². The van der Waals surface area contributed by atoms with Crippen LogP contribution in [0, 0.1) is 0 Å². The molecule has 0 saturated carbocycles. The van der Waals surface area contributed by atoms with Crippen LogP contribution >= 0.6 is 0 Å². The smallest absolute Gasteiger partial charge is 0.326 e. The predicted molar refractivity (Wildman–Crippen MR) is 77.7 cm³/mol. The summed E-state index contributed by atoms with van der Waals surface area (Å²) in [4.78, 5) is 22.1. The first kappa shape index (κ1) is 19.9. The monoisotopic (exact) mass is 304 g/mol. The molecular weight excluding hydrogens is 276 g/mol. The van der Waals surface area contributed by atoms with Crippen molar-refractivity contribution in [3.63, 3.8) is 0 Å². The molecule has 6 nitrogen and oxygen atoms in total. The molecule has 0 bridgehead atoms. The summed E-state index contributed by atoms with van der Waals surface area (Å²) in [6.07, 6.45) is 3.87. The highest BCUT2D eigenvalue weighted by Gasteiger charge is 2.30. The van der Waals surface area contributed by atoms with E-state index in [9.17, 15) is 9.59 Å². The van der Waals surface area contributed by atoms with Crippen LogP contribution in [0.3, 0.4) is 0 Å². The van der Waals surface area contributed by atoms with Crippen molar-refractivity contribution in [1.29, 1.82) is 0 Å². The molecular formula is C15H28O6. The lowest BCUT2D eigenvalue weighted by molar-refractivity contribution is -0.352. The minimum Gasteiger partial charge on any atom is -0.481 e. The van der Waals surface area contributed by atoms with Crippen molar-refractivity contribution >= 4 is 11.9 Å². The highest BCUT2D eigenvalue weighted by atomic mass is 16.9. The number of esters is 1. The minimum absolute atomic E-state index is 0.0379. The van der Waals surface area contributed by atoms with Gasteiger partial charge in [0.2, 0.25) is 0 Å². The lowest BCUT2D eigenvalue weighted by Crippen LogP contribution is -2.38. The SMILES string of the molecule is CCCCOC(C)(OCCCC)OC(=O)CCCC(=O)O. The maximum Gasteiger partial charge on any atom is 0.326 e. The molecule has 124 valence electrons. The van der Waals surface area contributed by atoms with Crippen LogP contribution in [0.2, 0.25) is 0 Å². The molecule has 0 rings (SSSR count). The van der Waals surface area contributed by atoms with Gasteiger partial charge in [0, 0.05) is 19.8 Å². The molecule has 0 amide bonds. The third-order valence-electron chi connectivity index (χ3n) is 2.80. The summed E-state index contributed by atoms with van der Waals surface area (Å²) < 4.78 is 16.3. The fourth-order valence-corrected chi connectivity index (χ4v) is 1.55. The van der Waals surface area contributed by atoms with Gasteiger partial charge in [-0.25, -0.2) is 0 Å². The molecule has 0 unspecified atom stereocenters. The zero-order chi connectivity index (χ0) is 16.1. The zero-order valence-corrected chi connectivity index (χ0v) is 13.4. The molecule has 0 aliphatic carbocycles. The van der Waals surface area contributed by atoms with E-state index in [-0.39, 0.29) is 19.3 Å². The number of ether oxygens (including phenoxy) is 3. The minimum atomic E-state index is -1.38. The van der Waals surface area contributed by atoms with Gasteiger partial charge in [0.15, 0.2) is 0 Å². The van der Waals surface area contributed by atoms with Gasteiger partial charge < -0.3 is 19.3 Å². The largest absolute Gasteiger partial charge is 0.481 e. The molecule has 0 heterocycles. The topological polar surface area (TPSA) is 82.1 Å². The van der Waals surface area contributed by atoms with Crippen molar-refractivity contribution < 1.29 is 28.9 Å². The molecule has 0 atom stereocenters. The van der Waals surface area contributed by atoms with Gasteiger partial charge in [0.1, 0.15) is 0 Å². The van der Waals surface area contributed by atoms with Crippen molar-refractivity contribution in [3.8, 4) is 0 Å². The number of carbonyl (C=O) groups is 2. The predicted octanol–water partition coefficient (Wildman–Crippen LogP) is 3.09. The maximum atomic E-state index is 11.7. The summed E-state index contributed by atoms with van der Waals surface area (Å²) in [5, 5.41) is 8.54. The Morgan fingerprint density at radius 2 is 1.48 bits per heavy atom. The summed E-state index contributed by atoms with van der Waals surface area (Å²) in [6.45, 7) is 6.55. The van der Waals surface area contributed by atoms with Gasteiger partial charge in [-0.3, -0.25) is 9.59 Å². The van der Waals surface area contributed by atoms with Crippen molar-refractivity contribution in [2.45, 2.75) is 71.7 Å². The zero-order valence-electron chi connectivity index (χ0n) is 13.4. The highest BCUT2D eigenvalue weighted by molar-refractivity contribution is 5.71. The Bertz CT molecular complexity index is 293. The fraction of sp³-hybridized carbons (Fsp3) is 0.867. The highest BCUT2D eigenvalue weighted by Crippen LogP contribution is 2.18. The Morgan fingerprint density at radius 1 is 0.952 bits per heavy atom. The number of hydrogen-bond donors (Lipinski definition) is 1. The van der Waals surface area contributed by atoms with E-state index >= 15 is 0 Å². The average molecular weight is 304 g/mol. The van der Waals surface area contributed by atoms with Gasteiger partial charge >= 0.3 is 17.9 Å². The molecule has 0 aromatic carbocycles. The molecule has 0 saturated heterocycles. The van der Waals surface area contributed by atoms with Gasteiger partial charge in [-0.15, -0.1) is 0 Å². The lowest BCUT2D eigenvalue weighted by Gasteiger charge is -2.29. The van der Waals surface area contributed by atoms with Crippen LogP contribution in [0.1, 0.15) is 65.7 Å². The molecule has 1 N–H and O–H groups in total. The number of rotatable bonds is 13. The number of carboxylic acid groups (broad SMARTS) is 1. The van der Waals surface area contributed by atoms with Gasteiger partial charge in [-0.1, -0.05) is 26.7 Å². The standard InChI is InChI=1S/C15H28O6/c1-4-6-11-19-15(3,20-12-7-5-2)21-14(18)10-8-9-13(16)17/h4-12H2,1-3H3,(H,16,17). The van der Waals surface area contributed by atoms with E-state index in [4.69, 9.17) is 19.3 Å². The van der Waals surface area contributed by atoms with Crippen LogP contribution in [0.5, 0.6) is 0 Å². The summed E-state index contributed by atoms with van der Waals surface area (Å²) in [6, 6.07) is 0. The van der Waals surface area contributed by atoms with Gasteiger partial charge in [0.25, 0.3) is 0 Å². The van der Waals surface area contributed by atoms with E-state index in [0.717, 1.165) is 25.7 Å². The third kappa shape index (κ3) is 11.2. The second-order valence-corrected chi connectivity index (χ2v) is 4.99. The molecule has 0 fully saturated rings. The molecule has 0 spiro atoms. The van der Waals surface area contributed by atoms with Crippen molar-refractivity contribution in [1.82, 2.24) is 0 Å². The van der Waals surface area contributed by atoms with Gasteiger partial charge in [-0.05, 0) is 19.3 Å². The molecule has 0 aliphatic rings. The van der Waals surface area contributed by atoms with Crippen LogP contribution in [-0.4, -0.2) is 36.2 Å². The summed E-state index contributed by atoms with van der Waals surface area (Å²) in [7, 11) is 0. The Morgan fingerprint density at radius 3 is 1.90 bits per heavy atom. The first-order chi connectivity index (χ1) is 9.93. The van der Waals surface area contributed by atoms with E-state index in [2.05, 4.69) is 0 Å². The molecule has 0 aromatic heterocycles. The molecule has 6 heteroatoms. The summed E-state index contributed by atoms with van der Waals surface area (Å²) >= 11 is 0. The number of unbranched alkanes of at least 4 members (excludes halogenated alkanes) is 2. The second kappa shape index (κ2) is 11.5.